The van der Waals surface area contributed by atoms with Gasteiger partial charge in [-0.25, -0.2) is 4.98 Å². The molecule has 4 rings (SSSR count). The average Bonchev–Trinajstić information content (AvgIpc) is 3.37. The Morgan fingerprint density at radius 3 is 2.46 bits per heavy atom. The largest absolute Gasteiger partial charge is 0.382 e. The zero-order chi connectivity index (χ0) is 16.7. The van der Waals surface area contributed by atoms with Crippen molar-refractivity contribution in [2.45, 2.75) is 63.5 Å². The smallest absolute Gasteiger partial charge is 0.142 e. The van der Waals surface area contributed by atoms with E-state index in [0.717, 1.165) is 43.7 Å². The van der Waals surface area contributed by atoms with Crippen molar-refractivity contribution in [2.75, 3.05) is 0 Å². The van der Waals surface area contributed by atoms with Crippen molar-refractivity contribution in [1.29, 1.82) is 0 Å². The maximum absolute atomic E-state index is 11.3. The summed E-state index contributed by atoms with van der Waals surface area (Å²) in [5, 5.41) is 12.0. The van der Waals surface area contributed by atoms with Crippen molar-refractivity contribution in [1.82, 2.24) is 9.55 Å². The first-order valence-electron chi connectivity index (χ1n) is 9.07. The van der Waals surface area contributed by atoms with Gasteiger partial charge in [-0.1, -0.05) is 41.9 Å². The molecular weight excluding hydrogens is 320 g/mol. The van der Waals surface area contributed by atoms with E-state index in [0.29, 0.717) is 17.0 Å². The van der Waals surface area contributed by atoms with Gasteiger partial charge < -0.3 is 9.67 Å². The Bertz CT molecular complexity index is 713. The molecule has 0 bridgehead atoms. The summed E-state index contributed by atoms with van der Waals surface area (Å²) in [7, 11) is 0. The van der Waals surface area contributed by atoms with Crippen LogP contribution in [-0.2, 0) is 12.1 Å². The van der Waals surface area contributed by atoms with Crippen LogP contribution in [0.15, 0.2) is 30.3 Å². The molecule has 0 aliphatic heterocycles. The summed E-state index contributed by atoms with van der Waals surface area (Å²) < 4.78 is 2.08. The van der Waals surface area contributed by atoms with Gasteiger partial charge in [-0.15, -0.1) is 0 Å². The van der Waals surface area contributed by atoms with Gasteiger partial charge in [-0.2, -0.15) is 0 Å². The molecule has 0 spiro atoms. The monoisotopic (exact) mass is 344 g/mol. The van der Waals surface area contributed by atoms with Crippen molar-refractivity contribution >= 4 is 11.6 Å². The first-order chi connectivity index (χ1) is 11.6. The number of nitrogens with zero attached hydrogens (tertiary/aromatic N) is 2. The third-order valence-corrected chi connectivity index (χ3v) is 6.18. The van der Waals surface area contributed by atoms with Gasteiger partial charge in [-0.3, -0.25) is 0 Å². The predicted octanol–water partition coefficient (Wildman–Crippen LogP) is 4.80. The highest BCUT2D eigenvalue weighted by Gasteiger charge is 2.40. The molecule has 0 radical (unpaired) electrons. The van der Waals surface area contributed by atoms with Crippen LogP contribution in [0.3, 0.4) is 0 Å². The molecule has 2 saturated carbocycles. The van der Waals surface area contributed by atoms with Crippen molar-refractivity contribution in [2.24, 2.45) is 5.92 Å². The van der Waals surface area contributed by atoms with Crippen LogP contribution < -0.4 is 0 Å². The first kappa shape index (κ1) is 16.2. The summed E-state index contributed by atoms with van der Waals surface area (Å²) >= 11 is 6.48. The van der Waals surface area contributed by atoms with Crippen LogP contribution in [0.1, 0.15) is 61.5 Å². The topological polar surface area (TPSA) is 38.1 Å². The normalized spacial score (nSPS) is 27.4. The number of hydrogen-bond donors (Lipinski definition) is 1. The quantitative estimate of drug-likeness (QED) is 0.865. The number of aromatic nitrogens is 2. The summed E-state index contributed by atoms with van der Waals surface area (Å²) in [5.41, 5.74) is 1.39. The second-order valence-corrected chi connectivity index (χ2v) is 7.94. The Kier molecular flexibility index (Phi) is 4.17. The van der Waals surface area contributed by atoms with Crippen molar-refractivity contribution < 1.29 is 5.11 Å². The number of hydrogen-bond acceptors (Lipinski definition) is 2. The van der Waals surface area contributed by atoms with E-state index in [9.17, 15) is 5.11 Å². The van der Waals surface area contributed by atoms with Crippen molar-refractivity contribution in [3.63, 3.8) is 0 Å². The highest BCUT2D eigenvalue weighted by atomic mass is 35.5. The summed E-state index contributed by atoms with van der Waals surface area (Å²) in [6, 6.07) is 10.7. The molecular formula is C20H25ClN2O. The van der Waals surface area contributed by atoms with E-state index in [2.05, 4.69) is 39.9 Å². The van der Waals surface area contributed by atoms with Crippen LogP contribution in [0.4, 0.5) is 0 Å². The molecule has 0 amide bonds. The molecule has 0 saturated heterocycles. The lowest BCUT2D eigenvalue weighted by Gasteiger charge is -2.36. The third-order valence-electron chi connectivity index (χ3n) is 5.70. The third kappa shape index (κ3) is 3.00. The minimum Gasteiger partial charge on any atom is -0.382 e. The van der Waals surface area contributed by atoms with E-state index < -0.39 is 5.60 Å². The highest BCUT2D eigenvalue weighted by Crippen LogP contribution is 2.44. The second kappa shape index (κ2) is 6.20. The molecule has 1 heterocycles. The Balaban J connectivity index is 1.55. The van der Waals surface area contributed by atoms with Crippen LogP contribution in [0.25, 0.3) is 0 Å². The maximum atomic E-state index is 11.3. The summed E-state index contributed by atoms with van der Waals surface area (Å²) in [4.78, 5) is 4.67. The molecule has 2 aliphatic rings. The zero-order valence-corrected chi connectivity index (χ0v) is 15.0. The van der Waals surface area contributed by atoms with Gasteiger partial charge in [0.25, 0.3) is 0 Å². The minimum atomic E-state index is -0.835. The summed E-state index contributed by atoms with van der Waals surface area (Å²) in [5.74, 6) is 2.04. The molecule has 1 N–H and O–H groups in total. The Morgan fingerprint density at radius 1 is 1.17 bits per heavy atom. The first-order valence-corrected chi connectivity index (χ1v) is 9.45. The van der Waals surface area contributed by atoms with Crippen molar-refractivity contribution in [3.8, 4) is 0 Å². The fraction of sp³-hybridized carbons (Fsp3) is 0.550. The second-order valence-electron chi connectivity index (χ2n) is 7.58. The lowest BCUT2D eigenvalue weighted by Crippen LogP contribution is -2.34. The van der Waals surface area contributed by atoms with Crippen LogP contribution in [-0.4, -0.2) is 14.7 Å². The highest BCUT2D eigenvalue weighted by molar-refractivity contribution is 6.30. The zero-order valence-electron chi connectivity index (χ0n) is 14.2. The van der Waals surface area contributed by atoms with Crippen LogP contribution in [0.5, 0.6) is 0 Å². The number of aliphatic hydroxyl groups is 1. The van der Waals surface area contributed by atoms with Gasteiger partial charge >= 0.3 is 0 Å². The lowest BCUT2D eigenvalue weighted by molar-refractivity contribution is -0.0169. The molecule has 0 atom stereocenters. The van der Waals surface area contributed by atoms with E-state index in [4.69, 9.17) is 11.6 Å². The predicted molar refractivity (Wildman–Crippen MR) is 96.2 cm³/mol. The molecule has 1 aromatic carbocycles. The van der Waals surface area contributed by atoms with Gasteiger partial charge in [0.05, 0.1) is 5.69 Å². The fourth-order valence-electron chi connectivity index (χ4n) is 4.01. The van der Waals surface area contributed by atoms with Gasteiger partial charge in [0.2, 0.25) is 0 Å². The minimum absolute atomic E-state index is 0.537. The van der Waals surface area contributed by atoms with Crippen molar-refractivity contribution in [3.05, 3.63) is 52.6 Å². The molecule has 2 aliphatic carbocycles. The SMILES string of the molecule is Cc1nc(C2(O)CCC(c3ccccc3)CC2)n(CC2CC2)c1Cl. The van der Waals surface area contributed by atoms with Gasteiger partial charge in [0.15, 0.2) is 0 Å². The van der Waals surface area contributed by atoms with E-state index in [1.165, 1.54) is 18.4 Å². The maximum Gasteiger partial charge on any atom is 0.142 e. The Hall–Kier alpha value is -1.32. The van der Waals surface area contributed by atoms with Crippen LogP contribution >= 0.6 is 11.6 Å². The summed E-state index contributed by atoms with van der Waals surface area (Å²) in [6.07, 6.45) is 6.03. The molecule has 2 aromatic rings. The molecule has 2 fully saturated rings. The molecule has 3 nitrogen and oxygen atoms in total. The molecule has 0 unspecified atom stereocenters. The number of imidazole rings is 1. The number of halogens is 1. The molecule has 1 aromatic heterocycles. The summed E-state index contributed by atoms with van der Waals surface area (Å²) in [6.45, 7) is 2.84. The van der Waals surface area contributed by atoms with E-state index in [1.54, 1.807) is 0 Å². The molecule has 24 heavy (non-hydrogen) atoms. The van der Waals surface area contributed by atoms with Crippen LogP contribution in [0.2, 0.25) is 5.15 Å². The fourth-order valence-corrected chi connectivity index (χ4v) is 4.20. The number of benzene rings is 1. The molecule has 128 valence electrons. The Labute approximate surface area is 148 Å². The number of aryl methyl sites for hydroxylation is 1. The average molecular weight is 345 g/mol. The standard InChI is InChI=1S/C20H25ClN2O/c1-14-18(21)23(13-15-7-8-15)19(22-14)20(24)11-9-17(10-12-20)16-5-3-2-4-6-16/h2-6,15,17,24H,7-13H2,1H3. The lowest BCUT2D eigenvalue weighted by atomic mass is 9.75. The van der Waals surface area contributed by atoms with Gasteiger partial charge in [-0.05, 0) is 62.8 Å². The van der Waals surface area contributed by atoms with E-state index in [-0.39, 0.29) is 0 Å². The van der Waals surface area contributed by atoms with E-state index >= 15 is 0 Å². The van der Waals surface area contributed by atoms with Gasteiger partial charge in [0.1, 0.15) is 16.6 Å². The van der Waals surface area contributed by atoms with Crippen LogP contribution in [0, 0.1) is 12.8 Å². The van der Waals surface area contributed by atoms with Gasteiger partial charge in [0, 0.05) is 6.54 Å². The Morgan fingerprint density at radius 2 is 1.83 bits per heavy atom. The van der Waals surface area contributed by atoms with E-state index in [1.807, 2.05) is 6.92 Å². The molecule has 4 heteroatoms. The number of rotatable bonds is 4.